The van der Waals surface area contributed by atoms with Crippen molar-refractivity contribution in [2.75, 3.05) is 19.6 Å². The zero-order chi connectivity index (χ0) is 14.2. The third kappa shape index (κ3) is 2.78. The molecule has 2 saturated carbocycles. The summed E-state index contributed by atoms with van der Waals surface area (Å²) in [4.78, 5) is 2.88. The SMILES string of the molecule is CCC1CNC2(CCCCC2)CN1CC1(C(C)C)CC1. The van der Waals surface area contributed by atoms with Crippen molar-refractivity contribution in [2.45, 2.75) is 83.7 Å². The van der Waals surface area contributed by atoms with Crippen molar-refractivity contribution < 1.29 is 0 Å². The summed E-state index contributed by atoms with van der Waals surface area (Å²) in [5.41, 5.74) is 1.14. The molecular weight excluding hydrogens is 244 g/mol. The summed E-state index contributed by atoms with van der Waals surface area (Å²) in [6.45, 7) is 11.2. The number of piperazine rings is 1. The van der Waals surface area contributed by atoms with E-state index in [0.717, 1.165) is 12.0 Å². The Balaban J connectivity index is 1.68. The molecule has 1 aliphatic heterocycles. The molecule has 0 aromatic carbocycles. The lowest BCUT2D eigenvalue weighted by Crippen LogP contribution is -2.65. The van der Waals surface area contributed by atoms with Gasteiger partial charge >= 0.3 is 0 Å². The molecular formula is C18H34N2. The van der Waals surface area contributed by atoms with E-state index in [-0.39, 0.29) is 0 Å². The Morgan fingerprint density at radius 3 is 2.35 bits per heavy atom. The molecule has 1 atom stereocenters. The van der Waals surface area contributed by atoms with Crippen LogP contribution in [0.4, 0.5) is 0 Å². The standard InChI is InChI=1S/C18H34N2/c1-4-16-12-19-18(8-6-5-7-9-18)14-20(16)13-17(10-11-17)15(2)3/h15-16,19H,4-14H2,1-3H3. The van der Waals surface area contributed by atoms with Gasteiger partial charge in [-0.2, -0.15) is 0 Å². The van der Waals surface area contributed by atoms with Crippen molar-refractivity contribution in [3.05, 3.63) is 0 Å². The number of rotatable bonds is 4. The van der Waals surface area contributed by atoms with Gasteiger partial charge in [0.2, 0.25) is 0 Å². The van der Waals surface area contributed by atoms with Gasteiger partial charge in [0.15, 0.2) is 0 Å². The lowest BCUT2D eigenvalue weighted by atomic mass is 9.78. The average molecular weight is 278 g/mol. The molecule has 0 bridgehead atoms. The molecule has 1 spiro atoms. The minimum Gasteiger partial charge on any atom is -0.308 e. The molecule has 3 aliphatic rings. The molecule has 0 aromatic rings. The number of nitrogens with zero attached hydrogens (tertiary/aromatic N) is 1. The lowest BCUT2D eigenvalue weighted by molar-refractivity contribution is 0.0324. The molecule has 3 fully saturated rings. The van der Waals surface area contributed by atoms with Crippen LogP contribution in [0, 0.1) is 11.3 Å². The molecule has 2 aliphatic carbocycles. The van der Waals surface area contributed by atoms with Gasteiger partial charge < -0.3 is 5.32 Å². The van der Waals surface area contributed by atoms with Gasteiger partial charge in [-0.15, -0.1) is 0 Å². The maximum absolute atomic E-state index is 3.96. The molecule has 116 valence electrons. The Bertz CT molecular complexity index is 326. The highest BCUT2D eigenvalue weighted by Crippen LogP contribution is 2.53. The third-order valence-corrected chi connectivity index (χ3v) is 6.65. The van der Waals surface area contributed by atoms with Crippen LogP contribution < -0.4 is 5.32 Å². The summed E-state index contributed by atoms with van der Waals surface area (Å²) < 4.78 is 0. The molecule has 1 saturated heterocycles. The molecule has 1 heterocycles. The first kappa shape index (κ1) is 14.8. The Morgan fingerprint density at radius 2 is 1.80 bits per heavy atom. The Hall–Kier alpha value is -0.0800. The van der Waals surface area contributed by atoms with E-state index in [1.165, 1.54) is 71.0 Å². The van der Waals surface area contributed by atoms with Crippen LogP contribution in [0.1, 0.15) is 72.1 Å². The maximum Gasteiger partial charge on any atom is 0.0309 e. The molecule has 20 heavy (non-hydrogen) atoms. The van der Waals surface area contributed by atoms with Crippen molar-refractivity contribution in [3.63, 3.8) is 0 Å². The van der Waals surface area contributed by atoms with Crippen molar-refractivity contribution >= 4 is 0 Å². The monoisotopic (exact) mass is 278 g/mol. The maximum atomic E-state index is 3.96. The smallest absolute Gasteiger partial charge is 0.0309 e. The fourth-order valence-corrected chi connectivity index (χ4v) is 4.67. The molecule has 0 amide bonds. The topological polar surface area (TPSA) is 15.3 Å². The summed E-state index contributed by atoms with van der Waals surface area (Å²) in [7, 11) is 0. The van der Waals surface area contributed by atoms with E-state index in [1.54, 1.807) is 0 Å². The van der Waals surface area contributed by atoms with Gasteiger partial charge in [0.25, 0.3) is 0 Å². The van der Waals surface area contributed by atoms with Crippen LogP contribution in [0.25, 0.3) is 0 Å². The van der Waals surface area contributed by atoms with E-state index in [0.29, 0.717) is 11.0 Å². The third-order valence-electron chi connectivity index (χ3n) is 6.65. The Labute approximate surface area is 125 Å². The summed E-state index contributed by atoms with van der Waals surface area (Å²) in [5, 5.41) is 3.96. The van der Waals surface area contributed by atoms with Gasteiger partial charge in [-0.3, -0.25) is 4.90 Å². The highest BCUT2D eigenvalue weighted by Gasteiger charge is 2.49. The zero-order valence-electron chi connectivity index (χ0n) is 13.9. The first-order valence-electron chi connectivity index (χ1n) is 9.08. The summed E-state index contributed by atoms with van der Waals surface area (Å²) in [6.07, 6.45) is 11.4. The molecule has 1 unspecified atom stereocenters. The van der Waals surface area contributed by atoms with Crippen molar-refractivity contribution in [2.24, 2.45) is 11.3 Å². The Morgan fingerprint density at radius 1 is 1.10 bits per heavy atom. The summed E-state index contributed by atoms with van der Waals surface area (Å²) in [5.74, 6) is 0.859. The molecule has 3 rings (SSSR count). The van der Waals surface area contributed by atoms with E-state index in [9.17, 15) is 0 Å². The normalized spacial score (nSPS) is 32.7. The predicted molar refractivity (Wildman–Crippen MR) is 86.0 cm³/mol. The largest absolute Gasteiger partial charge is 0.308 e. The minimum absolute atomic E-state index is 0.469. The first-order valence-corrected chi connectivity index (χ1v) is 9.08. The highest BCUT2D eigenvalue weighted by atomic mass is 15.3. The predicted octanol–water partition coefficient (Wildman–Crippen LogP) is 3.81. The van der Waals surface area contributed by atoms with Crippen molar-refractivity contribution in [1.29, 1.82) is 0 Å². The summed E-state index contributed by atoms with van der Waals surface area (Å²) in [6, 6.07) is 0.777. The van der Waals surface area contributed by atoms with Gasteiger partial charge in [0.1, 0.15) is 0 Å². The lowest BCUT2D eigenvalue weighted by Gasteiger charge is -2.51. The minimum atomic E-state index is 0.469. The average Bonchev–Trinajstić information content (AvgIpc) is 3.21. The fourth-order valence-electron chi connectivity index (χ4n) is 4.67. The van der Waals surface area contributed by atoms with Gasteiger partial charge in [-0.1, -0.05) is 40.0 Å². The van der Waals surface area contributed by atoms with Crippen LogP contribution in [0.2, 0.25) is 0 Å². The van der Waals surface area contributed by atoms with Crippen LogP contribution in [0.3, 0.4) is 0 Å². The molecule has 2 nitrogen and oxygen atoms in total. The Kier molecular flexibility index (Phi) is 4.16. The van der Waals surface area contributed by atoms with E-state index < -0.39 is 0 Å². The van der Waals surface area contributed by atoms with Crippen LogP contribution >= 0.6 is 0 Å². The fraction of sp³-hybridized carbons (Fsp3) is 1.00. The van der Waals surface area contributed by atoms with Gasteiger partial charge in [-0.05, 0) is 43.4 Å². The molecule has 2 heteroatoms. The summed E-state index contributed by atoms with van der Waals surface area (Å²) >= 11 is 0. The molecule has 1 N–H and O–H groups in total. The van der Waals surface area contributed by atoms with Crippen LogP contribution in [-0.2, 0) is 0 Å². The van der Waals surface area contributed by atoms with E-state index in [2.05, 4.69) is 31.0 Å². The van der Waals surface area contributed by atoms with Gasteiger partial charge in [0, 0.05) is 31.2 Å². The van der Waals surface area contributed by atoms with Crippen LogP contribution in [0.15, 0.2) is 0 Å². The number of hydrogen-bond acceptors (Lipinski definition) is 2. The van der Waals surface area contributed by atoms with Crippen LogP contribution in [0.5, 0.6) is 0 Å². The van der Waals surface area contributed by atoms with E-state index >= 15 is 0 Å². The van der Waals surface area contributed by atoms with Gasteiger partial charge in [0.05, 0.1) is 0 Å². The van der Waals surface area contributed by atoms with Crippen LogP contribution in [-0.4, -0.2) is 36.1 Å². The number of hydrogen-bond donors (Lipinski definition) is 1. The molecule has 0 radical (unpaired) electrons. The molecule has 0 aromatic heterocycles. The second-order valence-corrected chi connectivity index (χ2v) is 8.21. The van der Waals surface area contributed by atoms with Crippen molar-refractivity contribution in [1.82, 2.24) is 10.2 Å². The zero-order valence-corrected chi connectivity index (χ0v) is 13.9. The van der Waals surface area contributed by atoms with E-state index in [4.69, 9.17) is 0 Å². The van der Waals surface area contributed by atoms with E-state index in [1.807, 2.05) is 0 Å². The first-order chi connectivity index (χ1) is 9.59. The highest BCUT2D eigenvalue weighted by molar-refractivity contribution is 5.04. The second kappa shape index (κ2) is 5.61. The second-order valence-electron chi connectivity index (χ2n) is 8.21. The number of nitrogens with one attached hydrogen (secondary N) is 1. The van der Waals surface area contributed by atoms with Gasteiger partial charge in [-0.25, -0.2) is 0 Å². The van der Waals surface area contributed by atoms with Crippen molar-refractivity contribution in [3.8, 4) is 0 Å². The quantitative estimate of drug-likeness (QED) is 0.841.